The molecule has 0 unspecified atom stereocenters. The zero-order chi connectivity index (χ0) is 22.8. The molecular weight excluding hydrogens is 396 g/mol. The summed E-state index contributed by atoms with van der Waals surface area (Å²) in [7, 11) is 0. The Morgan fingerprint density at radius 3 is 1.25 bits per heavy atom. The summed E-state index contributed by atoms with van der Waals surface area (Å²) in [5.41, 5.74) is 4.96. The molecule has 0 saturated carbocycles. The van der Waals surface area contributed by atoms with E-state index >= 15 is 0 Å². The van der Waals surface area contributed by atoms with Crippen LogP contribution in [0.4, 0.5) is 0 Å². The van der Waals surface area contributed by atoms with Crippen LogP contribution in [0.25, 0.3) is 0 Å². The Morgan fingerprint density at radius 2 is 0.875 bits per heavy atom. The van der Waals surface area contributed by atoms with Gasteiger partial charge in [0.15, 0.2) is 0 Å². The lowest BCUT2D eigenvalue weighted by Crippen LogP contribution is -2.31. The summed E-state index contributed by atoms with van der Waals surface area (Å²) in [5, 5.41) is 20.0. The summed E-state index contributed by atoms with van der Waals surface area (Å²) < 4.78 is 0. The van der Waals surface area contributed by atoms with Crippen LogP contribution in [0.1, 0.15) is 36.1 Å². The van der Waals surface area contributed by atoms with Crippen molar-refractivity contribution in [2.45, 2.75) is 52.2 Å². The van der Waals surface area contributed by atoms with Crippen molar-refractivity contribution in [3.8, 4) is 0 Å². The van der Waals surface area contributed by atoms with Crippen LogP contribution in [-0.4, -0.2) is 45.3 Å². The van der Waals surface area contributed by atoms with Gasteiger partial charge in [-0.2, -0.15) is 0 Å². The predicted octanol–water partition coefficient (Wildman–Crippen LogP) is 4.45. The predicted molar refractivity (Wildman–Crippen MR) is 131 cm³/mol. The number of rotatable bonds is 12. The highest BCUT2D eigenvalue weighted by atomic mass is 16.3. The molecule has 2 atom stereocenters. The van der Waals surface area contributed by atoms with Crippen molar-refractivity contribution in [3.63, 3.8) is 0 Å². The molecule has 2 N–H and O–H groups in total. The maximum Gasteiger partial charge on any atom is 0.0639 e. The quantitative estimate of drug-likeness (QED) is 0.444. The van der Waals surface area contributed by atoms with E-state index in [1.165, 1.54) is 22.3 Å². The van der Waals surface area contributed by atoms with Crippen LogP contribution in [0.5, 0.6) is 0 Å². The second kappa shape index (κ2) is 12.5. The minimum Gasteiger partial charge on any atom is -0.392 e. The topological polar surface area (TPSA) is 46.9 Å². The van der Waals surface area contributed by atoms with Gasteiger partial charge < -0.3 is 10.2 Å². The molecule has 0 aromatic heterocycles. The van der Waals surface area contributed by atoms with Gasteiger partial charge in [0.05, 0.1) is 12.2 Å². The first kappa shape index (κ1) is 24.1. The van der Waals surface area contributed by atoms with Gasteiger partial charge in [-0.1, -0.05) is 84.9 Å². The average molecular weight is 433 g/mol. The largest absolute Gasteiger partial charge is 0.392 e. The third kappa shape index (κ3) is 8.56. The Bertz CT molecular complexity index is 840. The maximum atomic E-state index is 10.0. The molecule has 4 heteroatoms. The summed E-state index contributed by atoms with van der Waals surface area (Å²) in [6, 6.07) is 29.5. The van der Waals surface area contributed by atoms with Crippen molar-refractivity contribution in [2.75, 3.05) is 13.1 Å². The minimum absolute atomic E-state index is 0.380. The molecule has 0 radical (unpaired) electrons. The van der Waals surface area contributed by atoms with Crippen molar-refractivity contribution < 1.29 is 10.2 Å². The van der Waals surface area contributed by atoms with Crippen molar-refractivity contribution in [1.82, 2.24) is 9.80 Å². The van der Waals surface area contributed by atoms with Gasteiger partial charge in [0.1, 0.15) is 0 Å². The van der Waals surface area contributed by atoms with Crippen LogP contribution in [0.3, 0.4) is 0 Å². The van der Waals surface area contributed by atoms with Gasteiger partial charge >= 0.3 is 0 Å². The molecule has 0 heterocycles. The summed E-state index contributed by atoms with van der Waals surface area (Å²) >= 11 is 0. The highest BCUT2D eigenvalue weighted by Crippen LogP contribution is 2.16. The summed E-state index contributed by atoms with van der Waals surface area (Å²) in [6.07, 6.45) is -0.761. The molecule has 170 valence electrons. The van der Waals surface area contributed by atoms with Crippen molar-refractivity contribution in [3.05, 3.63) is 107 Å². The lowest BCUT2D eigenvalue weighted by molar-refractivity contribution is 0.117. The van der Waals surface area contributed by atoms with E-state index in [-0.39, 0.29) is 12.2 Å². The van der Waals surface area contributed by atoms with E-state index in [4.69, 9.17) is 0 Å². The number of aliphatic hydroxyl groups is 2. The Balaban J connectivity index is 1.70. The molecule has 0 fully saturated rings. The number of aliphatic hydroxyl groups excluding tert-OH is 2. The molecular formula is C28H36N2O2. The van der Waals surface area contributed by atoms with Crippen LogP contribution in [-0.2, 0) is 26.2 Å². The molecule has 32 heavy (non-hydrogen) atoms. The van der Waals surface area contributed by atoms with E-state index in [9.17, 15) is 10.2 Å². The summed E-state index contributed by atoms with van der Waals surface area (Å²) in [6.45, 7) is 8.10. The second-order valence-corrected chi connectivity index (χ2v) is 8.83. The first-order chi connectivity index (χ1) is 15.5. The van der Waals surface area contributed by atoms with Crippen LogP contribution >= 0.6 is 0 Å². The summed E-state index contributed by atoms with van der Waals surface area (Å²) in [5.74, 6) is 0. The Kier molecular flexibility index (Phi) is 9.44. The smallest absolute Gasteiger partial charge is 0.0639 e. The third-order valence-corrected chi connectivity index (χ3v) is 5.35. The zero-order valence-electron chi connectivity index (χ0n) is 19.3. The summed E-state index contributed by atoms with van der Waals surface area (Å²) in [4.78, 5) is 4.58. The van der Waals surface area contributed by atoms with Crippen LogP contribution in [0.15, 0.2) is 84.9 Å². The van der Waals surface area contributed by atoms with Crippen molar-refractivity contribution >= 4 is 0 Å². The molecule has 0 amide bonds. The molecule has 0 aliphatic rings. The lowest BCUT2D eigenvalue weighted by Gasteiger charge is -2.26. The van der Waals surface area contributed by atoms with E-state index in [0.29, 0.717) is 13.1 Å². The highest BCUT2D eigenvalue weighted by molar-refractivity contribution is 5.24. The molecule has 3 rings (SSSR count). The lowest BCUT2D eigenvalue weighted by atomic mass is 10.1. The number of benzene rings is 3. The normalized spacial score (nSPS) is 13.4. The first-order valence-corrected chi connectivity index (χ1v) is 11.4. The molecule has 0 aliphatic heterocycles. The first-order valence-electron chi connectivity index (χ1n) is 11.4. The number of hydrogen-bond donors (Lipinski definition) is 2. The zero-order valence-corrected chi connectivity index (χ0v) is 19.3. The van der Waals surface area contributed by atoms with Gasteiger partial charge in [-0.3, -0.25) is 9.80 Å². The molecule has 0 saturated heterocycles. The fraction of sp³-hybridized carbons (Fsp3) is 0.357. The van der Waals surface area contributed by atoms with Gasteiger partial charge in [0.2, 0.25) is 0 Å². The Hall–Kier alpha value is -2.50. The monoisotopic (exact) mass is 432 g/mol. The highest BCUT2D eigenvalue weighted by Gasteiger charge is 2.13. The minimum atomic E-state index is -0.380. The number of nitrogens with zero attached hydrogens (tertiary/aromatic N) is 2. The van der Waals surface area contributed by atoms with Crippen LogP contribution in [0.2, 0.25) is 0 Å². The molecule has 3 aromatic carbocycles. The van der Waals surface area contributed by atoms with E-state index in [0.717, 1.165) is 26.2 Å². The average Bonchev–Trinajstić information content (AvgIpc) is 2.74. The molecule has 4 nitrogen and oxygen atoms in total. The number of hydrogen-bond acceptors (Lipinski definition) is 4. The second-order valence-electron chi connectivity index (χ2n) is 8.83. The van der Waals surface area contributed by atoms with Gasteiger partial charge in [-0.15, -0.1) is 0 Å². The molecule has 0 spiro atoms. The fourth-order valence-corrected chi connectivity index (χ4v) is 4.14. The molecule has 0 aliphatic carbocycles. The molecule has 0 bridgehead atoms. The van der Waals surface area contributed by atoms with Gasteiger partial charge in [0, 0.05) is 39.3 Å². The van der Waals surface area contributed by atoms with Crippen LogP contribution < -0.4 is 0 Å². The van der Waals surface area contributed by atoms with Gasteiger partial charge in [-0.25, -0.2) is 0 Å². The van der Waals surface area contributed by atoms with E-state index in [1.54, 1.807) is 0 Å². The third-order valence-electron chi connectivity index (χ3n) is 5.35. The fourth-order valence-electron chi connectivity index (χ4n) is 4.14. The van der Waals surface area contributed by atoms with Crippen LogP contribution in [0, 0.1) is 0 Å². The van der Waals surface area contributed by atoms with E-state index < -0.39 is 0 Å². The maximum absolute atomic E-state index is 10.0. The van der Waals surface area contributed by atoms with Crippen molar-refractivity contribution in [2.24, 2.45) is 0 Å². The Labute approximate surface area is 192 Å². The Morgan fingerprint density at radius 1 is 0.531 bits per heavy atom. The van der Waals surface area contributed by atoms with Gasteiger partial charge in [0.25, 0.3) is 0 Å². The molecule has 3 aromatic rings. The van der Waals surface area contributed by atoms with Crippen molar-refractivity contribution in [1.29, 1.82) is 0 Å². The van der Waals surface area contributed by atoms with E-state index in [2.05, 4.69) is 82.6 Å². The van der Waals surface area contributed by atoms with Gasteiger partial charge in [-0.05, 0) is 36.1 Å². The van der Waals surface area contributed by atoms with E-state index in [1.807, 2.05) is 26.0 Å². The standard InChI is InChI=1S/C28H36N2O2/c1-23(31)17-29(19-25-10-5-3-6-11-25)21-27-14-9-15-28(16-27)22-30(18-24(2)32)20-26-12-7-4-8-13-26/h3-16,23-24,31-32H,17-22H2,1-2H3/t23-,24-/m1/s1. The SMILES string of the molecule is C[C@@H](O)CN(Cc1ccccc1)Cc1cccc(CN(Cc2ccccc2)C[C@@H](C)O)c1.